The van der Waals surface area contributed by atoms with E-state index in [1.165, 1.54) is 154 Å². The van der Waals surface area contributed by atoms with Crippen LogP contribution >= 0.6 is 7.82 Å². The molecule has 0 saturated carbocycles. The Morgan fingerprint density at radius 2 is 0.931 bits per heavy atom. The van der Waals surface area contributed by atoms with E-state index in [0.29, 0.717) is 13.0 Å². The lowest BCUT2D eigenvalue weighted by Crippen LogP contribution is -2.29. The quantitative estimate of drug-likeness (QED) is 0.0237. The lowest BCUT2D eigenvalue weighted by atomic mass is 10.0. The summed E-state index contributed by atoms with van der Waals surface area (Å²) in [7, 11) is -4.52. The Morgan fingerprint density at radius 3 is 1.40 bits per heavy atom. The highest BCUT2D eigenvalue weighted by Gasteiger charge is 2.26. The molecule has 58 heavy (non-hydrogen) atoms. The van der Waals surface area contributed by atoms with Crippen molar-refractivity contribution in [1.29, 1.82) is 0 Å². The number of rotatable bonds is 47. The van der Waals surface area contributed by atoms with E-state index >= 15 is 0 Å². The Balaban J connectivity index is 4.07. The van der Waals surface area contributed by atoms with Crippen LogP contribution in [0.3, 0.4) is 0 Å². The highest BCUT2D eigenvalue weighted by molar-refractivity contribution is 7.47. The van der Waals surface area contributed by atoms with Crippen LogP contribution in [0.2, 0.25) is 0 Å². The Labute approximate surface area is 357 Å². The number of esters is 1. The second-order valence-electron chi connectivity index (χ2n) is 16.5. The third-order valence-corrected chi connectivity index (χ3v) is 11.6. The van der Waals surface area contributed by atoms with Crippen molar-refractivity contribution in [3.63, 3.8) is 0 Å². The molecule has 10 heteroatoms. The number of unbranched alkanes of at least 4 members (excludes halogenated alkanes) is 29. The minimum Gasteiger partial charge on any atom is -0.457 e. The monoisotopic (exact) mass is 845 g/mol. The van der Waals surface area contributed by atoms with Crippen LogP contribution in [0.4, 0.5) is 0 Å². The molecule has 0 aromatic carbocycles. The van der Waals surface area contributed by atoms with E-state index < -0.39 is 39.2 Å². The minimum absolute atomic E-state index is 0.0481. The van der Waals surface area contributed by atoms with E-state index in [2.05, 4.69) is 38.2 Å². The van der Waals surface area contributed by atoms with E-state index in [1.807, 2.05) is 0 Å². The number of hydrogen-bond acceptors (Lipinski definition) is 8. The summed E-state index contributed by atoms with van der Waals surface area (Å²) in [4.78, 5) is 22.6. The van der Waals surface area contributed by atoms with Gasteiger partial charge in [0.25, 0.3) is 0 Å². The Morgan fingerprint density at radius 1 is 0.534 bits per heavy atom. The smallest absolute Gasteiger partial charge is 0.457 e. The molecule has 0 rings (SSSR count). The fourth-order valence-electron chi connectivity index (χ4n) is 6.92. The highest BCUT2D eigenvalue weighted by atomic mass is 31.2. The molecule has 0 bridgehead atoms. The second kappa shape index (κ2) is 45.5. The number of hydrogen-bond donors (Lipinski definition) is 3. The third-order valence-electron chi connectivity index (χ3n) is 10.6. The maximum Gasteiger partial charge on any atom is 0.472 e. The predicted octanol–water partition coefficient (Wildman–Crippen LogP) is 13.8. The van der Waals surface area contributed by atoms with E-state index in [4.69, 9.17) is 23.6 Å². The van der Waals surface area contributed by atoms with Crippen molar-refractivity contribution in [2.24, 2.45) is 0 Å². The minimum atomic E-state index is -4.52. The van der Waals surface area contributed by atoms with Gasteiger partial charge in [-0.2, -0.15) is 0 Å². The molecule has 0 radical (unpaired) electrons. The van der Waals surface area contributed by atoms with Gasteiger partial charge in [0.2, 0.25) is 0 Å². The number of phosphoric ester groups is 1. The van der Waals surface area contributed by atoms with Gasteiger partial charge in [-0.1, -0.05) is 205 Å². The SMILES string of the molecule is CCCCCC/C=C\C/C=C\CCCCCCCC(=O)OC(COCCCCCCCCCCCCCCCCCCCCCCC)COP(=O)(O)OCC(O)CO. The van der Waals surface area contributed by atoms with Crippen LogP contribution in [-0.4, -0.2) is 66.3 Å². The number of carbonyl (C=O) groups is 1. The maximum absolute atomic E-state index is 12.6. The van der Waals surface area contributed by atoms with Crippen molar-refractivity contribution in [3.05, 3.63) is 24.3 Å². The van der Waals surface area contributed by atoms with Gasteiger partial charge < -0.3 is 24.6 Å². The zero-order chi connectivity index (χ0) is 42.5. The van der Waals surface area contributed by atoms with Gasteiger partial charge in [0.1, 0.15) is 12.2 Å². The highest BCUT2D eigenvalue weighted by Crippen LogP contribution is 2.43. The zero-order valence-electron chi connectivity index (χ0n) is 37.8. The molecule has 3 N–H and O–H groups in total. The molecule has 3 unspecified atom stereocenters. The molecule has 0 saturated heterocycles. The van der Waals surface area contributed by atoms with Crippen LogP contribution < -0.4 is 0 Å². The first-order chi connectivity index (χ1) is 28.3. The van der Waals surface area contributed by atoms with E-state index in [9.17, 15) is 19.4 Å². The molecule has 0 amide bonds. The van der Waals surface area contributed by atoms with E-state index in [-0.39, 0.29) is 19.6 Å². The molecule has 9 nitrogen and oxygen atoms in total. The van der Waals surface area contributed by atoms with Crippen LogP contribution in [-0.2, 0) is 27.9 Å². The maximum atomic E-state index is 12.6. The van der Waals surface area contributed by atoms with Crippen LogP contribution in [0, 0.1) is 0 Å². The van der Waals surface area contributed by atoms with Gasteiger partial charge in [-0.05, 0) is 44.9 Å². The standard InChI is InChI=1S/C48H93O9P/c1-3-5-7-9-11-13-15-17-19-21-22-23-24-25-27-29-31-33-35-37-39-41-54-44-47(45-56-58(52,53)55-43-46(50)42-49)57-48(51)40-38-36-34-32-30-28-26-20-18-16-14-12-10-8-6-4-2/h14,16,20,26,46-47,49-50H,3-13,15,17-19,21-25,27-45H2,1-2H3,(H,52,53)/b16-14-,26-20-. The van der Waals surface area contributed by atoms with Crippen LogP contribution in [0.1, 0.15) is 232 Å². The third kappa shape index (κ3) is 44.5. The molecule has 3 atom stereocenters. The average Bonchev–Trinajstić information content (AvgIpc) is 3.21. The van der Waals surface area contributed by atoms with Gasteiger partial charge in [-0.15, -0.1) is 0 Å². The molecular formula is C48H93O9P. The normalized spacial score (nSPS) is 14.1. The summed E-state index contributed by atoms with van der Waals surface area (Å²) in [5, 5.41) is 18.4. The summed E-state index contributed by atoms with van der Waals surface area (Å²) in [5.74, 6) is -0.392. The van der Waals surface area contributed by atoms with Gasteiger partial charge in [0.15, 0.2) is 0 Å². The summed E-state index contributed by atoms with van der Waals surface area (Å²) in [6.07, 6.45) is 48.6. The second-order valence-corrected chi connectivity index (χ2v) is 17.9. The molecule has 0 aliphatic rings. The molecule has 0 fully saturated rings. The molecular weight excluding hydrogens is 751 g/mol. The van der Waals surface area contributed by atoms with Crippen molar-refractivity contribution in [3.8, 4) is 0 Å². The topological polar surface area (TPSA) is 132 Å². The predicted molar refractivity (Wildman–Crippen MR) is 242 cm³/mol. The Kier molecular flexibility index (Phi) is 44.6. The first kappa shape index (κ1) is 56.9. The number of aliphatic hydroxyl groups excluding tert-OH is 2. The lowest BCUT2D eigenvalue weighted by molar-refractivity contribution is -0.154. The number of allylic oxidation sites excluding steroid dienone is 4. The zero-order valence-corrected chi connectivity index (χ0v) is 38.7. The molecule has 0 spiro atoms. The van der Waals surface area contributed by atoms with Gasteiger partial charge in [-0.25, -0.2) is 4.57 Å². The Bertz CT molecular complexity index is 959. The number of ether oxygens (including phenoxy) is 2. The first-order valence-corrected chi connectivity index (χ1v) is 25.8. The Hall–Kier alpha value is -1.06. The first-order valence-electron chi connectivity index (χ1n) is 24.3. The molecule has 0 aliphatic heterocycles. The van der Waals surface area contributed by atoms with Crippen molar-refractivity contribution in [2.75, 3.05) is 33.0 Å². The van der Waals surface area contributed by atoms with Gasteiger partial charge >= 0.3 is 13.8 Å². The van der Waals surface area contributed by atoms with Gasteiger partial charge in [0.05, 0.1) is 26.4 Å². The average molecular weight is 845 g/mol. The van der Waals surface area contributed by atoms with Crippen molar-refractivity contribution in [1.82, 2.24) is 0 Å². The molecule has 0 aromatic rings. The van der Waals surface area contributed by atoms with Crippen LogP contribution in [0.15, 0.2) is 24.3 Å². The fraction of sp³-hybridized carbons (Fsp3) is 0.896. The molecule has 0 aliphatic carbocycles. The lowest BCUT2D eigenvalue weighted by Gasteiger charge is -2.20. The largest absolute Gasteiger partial charge is 0.472 e. The van der Waals surface area contributed by atoms with Crippen molar-refractivity contribution < 1.29 is 43.0 Å². The van der Waals surface area contributed by atoms with Gasteiger partial charge in [-0.3, -0.25) is 13.8 Å². The van der Waals surface area contributed by atoms with Crippen LogP contribution in [0.5, 0.6) is 0 Å². The summed E-state index contributed by atoms with van der Waals surface area (Å²) >= 11 is 0. The number of phosphoric acid groups is 1. The number of aliphatic hydroxyl groups is 2. The molecule has 0 heterocycles. The number of carbonyl (C=O) groups excluding carboxylic acids is 1. The van der Waals surface area contributed by atoms with E-state index in [0.717, 1.165) is 51.4 Å². The van der Waals surface area contributed by atoms with Gasteiger partial charge in [0, 0.05) is 13.0 Å². The van der Waals surface area contributed by atoms with Crippen molar-refractivity contribution in [2.45, 2.75) is 244 Å². The summed E-state index contributed by atoms with van der Waals surface area (Å²) in [6, 6.07) is 0. The van der Waals surface area contributed by atoms with E-state index in [1.54, 1.807) is 0 Å². The fourth-order valence-corrected chi connectivity index (χ4v) is 7.71. The summed E-state index contributed by atoms with van der Waals surface area (Å²) in [5.41, 5.74) is 0. The summed E-state index contributed by atoms with van der Waals surface area (Å²) in [6.45, 7) is 3.53. The van der Waals surface area contributed by atoms with Crippen molar-refractivity contribution >= 4 is 13.8 Å². The van der Waals surface area contributed by atoms with Crippen LogP contribution in [0.25, 0.3) is 0 Å². The molecule has 344 valence electrons. The molecule has 0 aromatic heterocycles. The summed E-state index contributed by atoms with van der Waals surface area (Å²) < 4.78 is 33.5.